The van der Waals surface area contributed by atoms with E-state index in [1.807, 2.05) is 18.2 Å². The van der Waals surface area contributed by atoms with Crippen LogP contribution in [0.25, 0.3) is 0 Å². The normalized spacial score (nSPS) is 17.8. The monoisotopic (exact) mass is 490 g/mol. The Hall–Kier alpha value is -2.38. The summed E-state index contributed by atoms with van der Waals surface area (Å²) in [5, 5.41) is 3.56. The number of rotatable bonds is 9. The van der Waals surface area contributed by atoms with Crippen molar-refractivity contribution in [2.45, 2.75) is 38.1 Å². The number of ether oxygens (including phenoxy) is 2. The van der Waals surface area contributed by atoms with E-state index in [-0.39, 0.29) is 17.2 Å². The summed E-state index contributed by atoms with van der Waals surface area (Å²) in [7, 11) is 3.20. The van der Waals surface area contributed by atoms with Gasteiger partial charge in [0.25, 0.3) is 5.91 Å². The van der Waals surface area contributed by atoms with Crippen molar-refractivity contribution in [3.8, 4) is 11.5 Å². The zero-order valence-electron chi connectivity index (χ0n) is 19.5. The highest BCUT2D eigenvalue weighted by Gasteiger charge is 2.41. The molecule has 33 heavy (non-hydrogen) atoms. The van der Waals surface area contributed by atoms with Crippen molar-refractivity contribution in [2.75, 3.05) is 26.5 Å². The number of amides is 2. The van der Waals surface area contributed by atoms with Gasteiger partial charge in [-0.3, -0.25) is 9.59 Å². The van der Waals surface area contributed by atoms with E-state index in [0.717, 1.165) is 12.0 Å². The lowest BCUT2D eigenvalue weighted by atomic mass is 10.1. The Morgan fingerprint density at radius 2 is 1.82 bits per heavy atom. The molecule has 2 unspecified atom stereocenters. The fourth-order valence-electron chi connectivity index (χ4n) is 3.85. The molecule has 1 aliphatic heterocycles. The minimum absolute atomic E-state index is 0.0326. The van der Waals surface area contributed by atoms with Crippen molar-refractivity contribution in [1.82, 2.24) is 10.2 Å². The van der Waals surface area contributed by atoms with E-state index in [4.69, 9.17) is 21.1 Å². The topological polar surface area (TPSA) is 67.9 Å². The van der Waals surface area contributed by atoms with E-state index in [0.29, 0.717) is 46.7 Å². The number of carbonyl (C=O) groups is 2. The average Bonchev–Trinajstić information content (AvgIpc) is 3.21. The van der Waals surface area contributed by atoms with Crippen molar-refractivity contribution in [2.24, 2.45) is 5.92 Å². The number of benzene rings is 2. The zero-order chi connectivity index (χ0) is 24.0. The molecule has 1 heterocycles. The number of methoxy groups -OCH3 is 2. The first-order chi connectivity index (χ1) is 15.8. The van der Waals surface area contributed by atoms with Gasteiger partial charge >= 0.3 is 0 Å². The van der Waals surface area contributed by atoms with Gasteiger partial charge < -0.3 is 19.7 Å². The lowest BCUT2D eigenvalue weighted by Gasteiger charge is -2.30. The van der Waals surface area contributed by atoms with Crippen molar-refractivity contribution >= 4 is 35.2 Å². The van der Waals surface area contributed by atoms with Gasteiger partial charge in [-0.1, -0.05) is 31.5 Å². The fraction of sp³-hybridized carbons (Fsp3) is 0.440. The van der Waals surface area contributed by atoms with Crippen LogP contribution in [0.2, 0.25) is 5.02 Å². The van der Waals surface area contributed by atoms with Gasteiger partial charge in [0.05, 0.1) is 19.6 Å². The Kier molecular flexibility index (Phi) is 8.92. The summed E-state index contributed by atoms with van der Waals surface area (Å²) < 4.78 is 10.6. The third kappa shape index (κ3) is 6.36. The molecule has 2 aromatic rings. The van der Waals surface area contributed by atoms with Crippen LogP contribution in [0.1, 0.15) is 36.2 Å². The van der Waals surface area contributed by atoms with E-state index in [1.165, 1.54) is 0 Å². The van der Waals surface area contributed by atoms with Crippen LogP contribution in [0.3, 0.4) is 0 Å². The van der Waals surface area contributed by atoms with Gasteiger partial charge in [-0.25, -0.2) is 0 Å². The molecular formula is C25H31ClN2O4S. The van der Waals surface area contributed by atoms with Crippen LogP contribution in [-0.4, -0.2) is 54.6 Å². The molecule has 1 saturated heterocycles. The Morgan fingerprint density at radius 3 is 2.45 bits per heavy atom. The first-order valence-corrected chi connectivity index (χ1v) is 12.4. The Morgan fingerprint density at radius 1 is 1.12 bits per heavy atom. The summed E-state index contributed by atoms with van der Waals surface area (Å²) in [6.07, 6.45) is 1.48. The summed E-state index contributed by atoms with van der Waals surface area (Å²) in [5.41, 5.74) is 1.57. The van der Waals surface area contributed by atoms with Gasteiger partial charge in [0.15, 0.2) is 11.5 Å². The predicted octanol–water partition coefficient (Wildman–Crippen LogP) is 4.65. The van der Waals surface area contributed by atoms with E-state index < -0.39 is 6.04 Å². The molecular weight excluding hydrogens is 460 g/mol. The number of nitrogens with one attached hydrogen (secondary N) is 1. The van der Waals surface area contributed by atoms with Crippen LogP contribution >= 0.6 is 23.4 Å². The second kappa shape index (κ2) is 11.7. The van der Waals surface area contributed by atoms with E-state index in [1.54, 1.807) is 55.1 Å². The molecule has 0 spiro atoms. The third-order valence-corrected chi connectivity index (χ3v) is 7.12. The number of hydrogen-bond donors (Lipinski definition) is 1. The van der Waals surface area contributed by atoms with Gasteiger partial charge in [-0.05, 0) is 60.7 Å². The molecule has 6 nitrogen and oxygen atoms in total. The highest BCUT2D eigenvalue weighted by atomic mass is 35.5. The van der Waals surface area contributed by atoms with Crippen molar-refractivity contribution in [3.05, 3.63) is 58.6 Å². The highest BCUT2D eigenvalue weighted by Crippen LogP contribution is 2.35. The quantitative estimate of drug-likeness (QED) is 0.554. The molecule has 1 N–H and O–H groups in total. The minimum atomic E-state index is -0.507. The maximum atomic E-state index is 13.4. The van der Waals surface area contributed by atoms with Crippen LogP contribution in [0.5, 0.6) is 11.5 Å². The molecule has 0 saturated carbocycles. The van der Waals surface area contributed by atoms with Crippen molar-refractivity contribution < 1.29 is 19.1 Å². The molecule has 178 valence electrons. The number of carbonyl (C=O) groups excluding carboxylic acids is 2. The summed E-state index contributed by atoms with van der Waals surface area (Å²) in [6, 6.07) is 12.0. The maximum absolute atomic E-state index is 13.4. The van der Waals surface area contributed by atoms with E-state index in [2.05, 4.69) is 19.2 Å². The minimum Gasteiger partial charge on any atom is -0.493 e. The first kappa shape index (κ1) is 25.2. The SMILES string of the molecule is COc1ccc(CCNC(=O)C2CSC(CC(C)C)N2C(=O)c2ccc(Cl)cc2)cc1OC. The molecule has 2 atom stereocenters. The summed E-state index contributed by atoms with van der Waals surface area (Å²) in [4.78, 5) is 28.2. The Bertz CT molecular complexity index is 967. The van der Waals surface area contributed by atoms with Crippen molar-refractivity contribution in [3.63, 3.8) is 0 Å². The molecule has 0 aliphatic carbocycles. The second-order valence-electron chi connectivity index (χ2n) is 8.38. The standard InChI is InChI=1S/C25H31ClN2O4S/c1-16(2)13-23-28(25(30)18-6-8-19(26)9-7-18)20(15-33-23)24(29)27-12-11-17-5-10-21(31-3)22(14-17)32-4/h5-10,14,16,20,23H,11-13,15H2,1-4H3,(H,27,29). The Balaban J connectivity index is 1.68. The van der Waals surface area contributed by atoms with Crippen LogP contribution in [0.4, 0.5) is 0 Å². The number of nitrogens with zero attached hydrogens (tertiary/aromatic N) is 1. The number of halogens is 1. The van der Waals surface area contributed by atoms with E-state index >= 15 is 0 Å². The smallest absolute Gasteiger partial charge is 0.255 e. The largest absolute Gasteiger partial charge is 0.493 e. The average molecular weight is 491 g/mol. The lowest BCUT2D eigenvalue weighted by Crippen LogP contribution is -2.50. The van der Waals surface area contributed by atoms with Crippen LogP contribution in [-0.2, 0) is 11.2 Å². The molecule has 2 amide bonds. The van der Waals surface area contributed by atoms with Crippen LogP contribution in [0.15, 0.2) is 42.5 Å². The van der Waals surface area contributed by atoms with Gasteiger partial charge in [0.2, 0.25) is 5.91 Å². The molecule has 0 bridgehead atoms. The molecule has 3 rings (SSSR count). The van der Waals surface area contributed by atoms with Gasteiger partial charge in [-0.15, -0.1) is 11.8 Å². The zero-order valence-corrected chi connectivity index (χ0v) is 21.0. The number of thioether (sulfide) groups is 1. The van der Waals surface area contributed by atoms with Crippen LogP contribution in [0, 0.1) is 5.92 Å². The first-order valence-electron chi connectivity index (χ1n) is 11.0. The summed E-state index contributed by atoms with van der Waals surface area (Å²) in [6.45, 7) is 4.72. The van der Waals surface area contributed by atoms with Gasteiger partial charge in [0, 0.05) is 22.9 Å². The molecule has 1 aliphatic rings. The van der Waals surface area contributed by atoms with Gasteiger partial charge in [-0.2, -0.15) is 0 Å². The highest BCUT2D eigenvalue weighted by molar-refractivity contribution is 8.00. The van der Waals surface area contributed by atoms with Crippen LogP contribution < -0.4 is 14.8 Å². The number of hydrogen-bond acceptors (Lipinski definition) is 5. The third-order valence-electron chi connectivity index (χ3n) is 5.55. The van der Waals surface area contributed by atoms with Gasteiger partial charge in [0.1, 0.15) is 6.04 Å². The lowest BCUT2D eigenvalue weighted by molar-refractivity contribution is -0.124. The summed E-state index contributed by atoms with van der Waals surface area (Å²) in [5.74, 6) is 2.05. The molecule has 0 aromatic heterocycles. The second-order valence-corrected chi connectivity index (χ2v) is 10.0. The Labute approximate surface area is 205 Å². The molecule has 2 aromatic carbocycles. The molecule has 0 radical (unpaired) electrons. The predicted molar refractivity (Wildman–Crippen MR) is 133 cm³/mol. The molecule has 1 fully saturated rings. The van der Waals surface area contributed by atoms with Crippen molar-refractivity contribution in [1.29, 1.82) is 0 Å². The fourth-order valence-corrected chi connectivity index (χ4v) is 5.61. The van der Waals surface area contributed by atoms with E-state index in [9.17, 15) is 9.59 Å². The maximum Gasteiger partial charge on any atom is 0.255 e. The summed E-state index contributed by atoms with van der Waals surface area (Å²) >= 11 is 7.66. The molecule has 8 heteroatoms.